The molecule has 0 aromatic rings. The molecular weight excluding hydrogens is 172 g/mol. The Bertz CT molecular complexity index is 361. The van der Waals surface area contributed by atoms with Crippen molar-refractivity contribution in [3.05, 3.63) is 11.6 Å². The molecule has 0 saturated heterocycles. The third-order valence-electron chi connectivity index (χ3n) is 3.89. The minimum Gasteiger partial charge on any atom is -0.286 e. The molecule has 1 atom stereocenters. The second-order valence-corrected chi connectivity index (χ2v) is 4.88. The lowest BCUT2D eigenvalue weighted by Gasteiger charge is -2.10. The number of rotatable bonds is 2. The van der Waals surface area contributed by atoms with E-state index in [0.29, 0.717) is 17.2 Å². The number of nitrogens with zero attached hydrogens (tertiary/aromatic N) is 1. The molecule has 3 aliphatic rings. The maximum atomic E-state index is 7.80. The van der Waals surface area contributed by atoms with Gasteiger partial charge < -0.3 is 0 Å². The van der Waals surface area contributed by atoms with Gasteiger partial charge in [0.05, 0.1) is 0 Å². The van der Waals surface area contributed by atoms with Gasteiger partial charge in [0.2, 0.25) is 0 Å². The number of fused-ring (bicyclic) bond motifs is 1. The Morgan fingerprint density at radius 2 is 2.36 bits per heavy atom. The molecule has 0 bridgehead atoms. The topological polar surface area (TPSA) is 36.2 Å². The first-order chi connectivity index (χ1) is 6.72. The summed E-state index contributed by atoms with van der Waals surface area (Å²) < 4.78 is 0. The van der Waals surface area contributed by atoms with E-state index in [-0.39, 0.29) is 0 Å². The van der Waals surface area contributed by atoms with Crippen molar-refractivity contribution < 1.29 is 0 Å². The monoisotopic (exact) mass is 188 g/mol. The van der Waals surface area contributed by atoms with Gasteiger partial charge in [0.15, 0.2) is 0 Å². The summed E-state index contributed by atoms with van der Waals surface area (Å²) in [5.41, 5.74) is 3.13. The van der Waals surface area contributed by atoms with Gasteiger partial charge in [-0.05, 0) is 39.0 Å². The summed E-state index contributed by atoms with van der Waals surface area (Å²) in [7, 11) is 0. The number of aliphatic imine (C=N–C) groups is 1. The van der Waals surface area contributed by atoms with Crippen LogP contribution in [-0.4, -0.2) is 11.5 Å². The predicted octanol–water partition coefficient (Wildman–Crippen LogP) is 2.94. The summed E-state index contributed by atoms with van der Waals surface area (Å²) in [6.07, 6.45) is 8.42. The highest BCUT2D eigenvalue weighted by molar-refractivity contribution is 6.04. The van der Waals surface area contributed by atoms with E-state index < -0.39 is 0 Å². The SMILES string of the molecule is CC(=NC(=N)C1CC1)C12CCC=C1C2. The van der Waals surface area contributed by atoms with Crippen LogP contribution in [0.3, 0.4) is 0 Å². The van der Waals surface area contributed by atoms with Crippen molar-refractivity contribution in [3.8, 4) is 0 Å². The van der Waals surface area contributed by atoms with Crippen LogP contribution < -0.4 is 0 Å². The van der Waals surface area contributed by atoms with Gasteiger partial charge in [-0.2, -0.15) is 0 Å². The first kappa shape index (κ1) is 8.39. The van der Waals surface area contributed by atoms with E-state index in [1.165, 1.54) is 37.8 Å². The van der Waals surface area contributed by atoms with E-state index in [0.717, 1.165) is 0 Å². The van der Waals surface area contributed by atoms with Gasteiger partial charge in [0.25, 0.3) is 0 Å². The van der Waals surface area contributed by atoms with Crippen LogP contribution in [-0.2, 0) is 0 Å². The average molecular weight is 188 g/mol. The number of amidine groups is 1. The maximum Gasteiger partial charge on any atom is 0.123 e. The fourth-order valence-electron chi connectivity index (χ4n) is 2.57. The van der Waals surface area contributed by atoms with Crippen LogP contribution in [0.5, 0.6) is 0 Å². The van der Waals surface area contributed by atoms with Crippen LogP contribution in [0.2, 0.25) is 0 Å². The highest BCUT2D eigenvalue weighted by atomic mass is 14.9. The highest BCUT2D eigenvalue weighted by Crippen LogP contribution is 2.60. The minimum atomic E-state index is 0.335. The fraction of sp³-hybridized carbons (Fsp3) is 0.667. The Morgan fingerprint density at radius 1 is 1.57 bits per heavy atom. The van der Waals surface area contributed by atoms with Gasteiger partial charge in [0.1, 0.15) is 5.84 Å². The first-order valence-electron chi connectivity index (χ1n) is 5.56. The van der Waals surface area contributed by atoms with Gasteiger partial charge in [-0.3, -0.25) is 5.41 Å². The van der Waals surface area contributed by atoms with Crippen molar-refractivity contribution in [1.82, 2.24) is 0 Å². The van der Waals surface area contributed by atoms with Crippen LogP contribution in [0.4, 0.5) is 0 Å². The van der Waals surface area contributed by atoms with Crippen molar-refractivity contribution in [3.63, 3.8) is 0 Å². The van der Waals surface area contributed by atoms with Crippen molar-refractivity contribution in [2.45, 2.75) is 39.0 Å². The average Bonchev–Trinajstić information content (AvgIpc) is 3.06. The van der Waals surface area contributed by atoms with Crippen LogP contribution in [0.15, 0.2) is 16.6 Å². The molecule has 2 saturated carbocycles. The Balaban J connectivity index is 1.79. The summed E-state index contributed by atoms with van der Waals surface area (Å²) in [6, 6.07) is 0. The summed E-state index contributed by atoms with van der Waals surface area (Å²) in [4.78, 5) is 4.49. The molecule has 0 aromatic carbocycles. The molecule has 3 rings (SSSR count). The lowest BCUT2D eigenvalue weighted by Crippen LogP contribution is -2.13. The molecule has 2 nitrogen and oxygen atoms in total. The maximum absolute atomic E-state index is 7.80. The number of nitrogens with one attached hydrogen (secondary N) is 1. The molecule has 1 N–H and O–H groups in total. The van der Waals surface area contributed by atoms with E-state index in [2.05, 4.69) is 18.0 Å². The number of hydrogen-bond donors (Lipinski definition) is 1. The summed E-state index contributed by atoms with van der Waals surface area (Å²) >= 11 is 0. The smallest absolute Gasteiger partial charge is 0.123 e. The third kappa shape index (κ3) is 1.09. The summed E-state index contributed by atoms with van der Waals surface area (Å²) in [5.74, 6) is 1.13. The second kappa shape index (κ2) is 2.56. The van der Waals surface area contributed by atoms with Crippen LogP contribution in [0.1, 0.15) is 39.0 Å². The van der Waals surface area contributed by atoms with E-state index in [1.807, 2.05) is 0 Å². The molecule has 0 spiro atoms. The minimum absolute atomic E-state index is 0.335. The van der Waals surface area contributed by atoms with Crippen molar-refractivity contribution >= 4 is 11.5 Å². The van der Waals surface area contributed by atoms with Gasteiger partial charge in [-0.15, -0.1) is 0 Å². The van der Waals surface area contributed by atoms with Crippen molar-refractivity contribution in [1.29, 1.82) is 5.41 Å². The molecule has 2 heteroatoms. The van der Waals surface area contributed by atoms with Gasteiger partial charge in [-0.25, -0.2) is 4.99 Å². The Kier molecular flexibility index (Phi) is 1.53. The normalized spacial score (nSPS) is 35.2. The Labute approximate surface area is 84.6 Å². The van der Waals surface area contributed by atoms with Crippen LogP contribution in [0.25, 0.3) is 0 Å². The lowest BCUT2D eigenvalue weighted by atomic mass is 9.98. The predicted molar refractivity (Wildman–Crippen MR) is 57.9 cm³/mol. The zero-order chi connectivity index (χ0) is 9.76. The summed E-state index contributed by atoms with van der Waals surface area (Å²) in [5, 5.41) is 7.80. The third-order valence-corrected chi connectivity index (χ3v) is 3.89. The van der Waals surface area contributed by atoms with E-state index in [1.54, 1.807) is 5.57 Å². The standard InChI is InChI=1S/C12H16N2/c1-8(14-11(13)9-4-5-9)12-6-2-3-10(12)7-12/h3,9,13H,2,4-7H2,1H3. The fourth-order valence-corrected chi connectivity index (χ4v) is 2.57. The van der Waals surface area contributed by atoms with Crippen LogP contribution in [0, 0.1) is 16.7 Å². The zero-order valence-electron chi connectivity index (χ0n) is 8.64. The second-order valence-electron chi connectivity index (χ2n) is 4.88. The molecule has 0 heterocycles. The van der Waals surface area contributed by atoms with Crippen LogP contribution >= 0.6 is 0 Å². The molecule has 0 amide bonds. The largest absolute Gasteiger partial charge is 0.286 e. The molecule has 0 aromatic heterocycles. The highest BCUT2D eigenvalue weighted by Gasteiger charge is 2.53. The van der Waals surface area contributed by atoms with Gasteiger partial charge in [0, 0.05) is 17.0 Å². The quantitative estimate of drug-likeness (QED) is 0.393. The molecule has 0 aliphatic heterocycles. The van der Waals surface area contributed by atoms with Crippen molar-refractivity contribution in [2.75, 3.05) is 0 Å². The molecular formula is C12H16N2. The molecule has 2 fully saturated rings. The molecule has 0 radical (unpaired) electrons. The molecule has 3 aliphatic carbocycles. The van der Waals surface area contributed by atoms with Crippen molar-refractivity contribution in [2.24, 2.45) is 16.3 Å². The van der Waals surface area contributed by atoms with E-state index in [9.17, 15) is 0 Å². The Morgan fingerprint density at radius 3 is 2.86 bits per heavy atom. The summed E-state index contributed by atoms with van der Waals surface area (Å²) in [6.45, 7) is 2.11. The molecule has 14 heavy (non-hydrogen) atoms. The lowest BCUT2D eigenvalue weighted by molar-refractivity contribution is 0.678. The Hall–Kier alpha value is -0.920. The van der Waals surface area contributed by atoms with E-state index >= 15 is 0 Å². The first-order valence-corrected chi connectivity index (χ1v) is 5.56. The zero-order valence-corrected chi connectivity index (χ0v) is 8.64. The molecule has 74 valence electrons. The molecule has 1 unspecified atom stereocenters. The van der Waals surface area contributed by atoms with Gasteiger partial charge >= 0.3 is 0 Å². The number of hydrogen-bond acceptors (Lipinski definition) is 1. The van der Waals surface area contributed by atoms with E-state index in [4.69, 9.17) is 5.41 Å². The van der Waals surface area contributed by atoms with Gasteiger partial charge in [-0.1, -0.05) is 11.6 Å². The number of allylic oxidation sites excluding steroid dienone is 2.